The van der Waals surface area contributed by atoms with E-state index in [2.05, 4.69) is 15.2 Å². The van der Waals surface area contributed by atoms with Gasteiger partial charge in [0.05, 0.1) is 19.3 Å². The number of nitrogens with one attached hydrogen (secondary N) is 2. The Morgan fingerprint density at radius 3 is 2.38 bits per heavy atom. The zero-order chi connectivity index (χ0) is 18.4. The van der Waals surface area contributed by atoms with E-state index in [4.69, 9.17) is 11.6 Å². The van der Waals surface area contributed by atoms with Gasteiger partial charge < -0.3 is 10.2 Å². The molecule has 0 radical (unpaired) electrons. The van der Waals surface area contributed by atoms with Gasteiger partial charge in [-0.1, -0.05) is 17.7 Å². The number of aromatic nitrogens is 1. The summed E-state index contributed by atoms with van der Waals surface area (Å²) in [6.45, 7) is 2.90. The molecule has 6 nitrogen and oxygen atoms in total. The van der Waals surface area contributed by atoms with Crippen LogP contribution in [0.2, 0.25) is 5.02 Å². The Labute approximate surface area is 157 Å². The van der Waals surface area contributed by atoms with E-state index in [1.54, 1.807) is 24.3 Å². The van der Waals surface area contributed by atoms with Crippen LogP contribution in [0.3, 0.4) is 0 Å². The lowest BCUT2D eigenvalue weighted by Crippen LogP contribution is -2.50. The van der Waals surface area contributed by atoms with E-state index >= 15 is 0 Å². The molecule has 1 saturated heterocycles. The van der Waals surface area contributed by atoms with E-state index in [1.165, 1.54) is 0 Å². The molecule has 26 heavy (non-hydrogen) atoms. The summed E-state index contributed by atoms with van der Waals surface area (Å²) in [5.74, 6) is 0.910. The van der Waals surface area contributed by atoms with Crippen LogP contribution in [0, 0.1) is 0 Å². The number of hydrogen-bond acceptors (Lipinski definition) is 3. The highest BCUT2D eigenvalue weighted by Gasteiger charge is 2.26. The number of halogens is 1. The number of carbonyl (C=O) groups is 2. The molecule has 0 saturated carbocycles. The summed E-state index contributed by atoms with van der Waals surface area (Å²) >= 11 is 5.82. The summed E-state index contributed by atoms with van der Waals surface area (Å²) in [6.07, 6.45) is 2.29. The number of hydrogen-bond donors (Lipinski definition) is 1. The second kappa shape index (κ2) is 8.67. The molecule has 1 aromatic heterocycles. The van der Waals surface area contributed by atoms with E-state index in [0.717, 1.165) is 18.9 Å². The number of aromatic amines is 1. The number of rotatable bonds is 5. The van der Waals surface area contributed by atoms with E-state index in [-0.39, 0.29) is 24.7 Å². The van der Waals surface area contributed by atoms with Gasteiger partial charge in [0.1, 0.15) is 13.1 Å². The minimum absolute atomic E-state index is 0.0212. The van der Waals surface area contributed by atoms with E-state index in [0.29, 0.717) is 23.8 Å². The average Bonchev–Trinajstić information content (AvgIpc) is 2.69. The maximum atomic E-state index is 12.3. The van der Waals surface area contributed by atoms with Crippen LogP contribution in [0.1, 0.15) is 12.8 Å². The molecule has 0 aliphatic carbocycles. The predicted molar refractivity (Wildman–Crippen MR) is 101 cm³/mol. The van der Waals surface area contributed by atoms with Crippen molar-refractivity contribution in [1.82, 2.24) is 4.90 Å². The third-order valence-corrected chi connectivity index (χ3v) is 4.61. The van der Waals surface area contributed by atoms with Crippen molar-refractivity contribution in [1.29, 1.82) is 0 Å². The molecule has 2 amide bonds. The Hall–Kier alpha value is -2.60. The number of piperazine rings is 1. The summed E-state index contributed by atoms with van der Waals surface area (Å²) in [6, 6.07) is 12.9. The van der Waals surface area contributed by atoms with Crippen LogP contribution in [-0.4, -0.2) is 42.9 Å². The lowest BCUT2D eigenvalue weighted by atomic mass is 10.2. The molecule has 0 spiro atoms. The average molecular weight is 374 g/mol. The molecule has 1 fully saturated rings. The SMILES string of the molecule is O=C(CCC(=O)N1CCN(c2cccc[nH+]2)CC1)Nc1ccc(Cl)cc1. The number of benzene rings is 1. The first-order valence-electron chi connectivity index (χ1n) is 8.67. The van der Waals surface area contributed by atoms with Gasteiger partial charge in [0.15, 0.2) is 0 Å². The molecule has 7 heteroatoms. The Balaban J connectivity index is 1.41. The molecule has 2 aromatic rings. The van der Waals surface area contributed by atoms with Gasteiger partial charge in [0, 0.05) is 29.6 Å². The molecule has 0 bridgehead atoms. The molecular weight excluding hydrogens is 352 g/mol. The molecule has 1 aliphatic rings. The van der Waals surface area contributed by atoms with Gasteiger partial charge in [0.25, 0.3) is 5.82 Å². The molecular formula is C19H22ClN4O2+. The predicted octanol–water partition coefficient (Wildman–Crippen LogP) is 2.22. The Morgan fingerprint density at radius 1 is 1.00 bits per heavy atom. The summed E-state index contributed by atoms with van der Waals surface area (Å²) < 4.78 is 0. The van der Waals surface area contributed by atoms with Gasteiger partial charge in [0.2, 0.25) is 11.8 Å². The molecule has 0 atom stereocenters. The highest BCUT2D eigenvalue weighted by atomic mass is 35.5. The zero-order valence-electron chi connectivity index (χ0n) is 14.5. The van der Waals surface area contributed by atoms with Crippen LogP contribution in [-0.2, 0) is 9.59 Å². The molecule has 1 aliphatic heterocycles. The molecule has 0 unspecified atom stereocenters. The summed E-state index contributed by atoms with van der Waals surface area (Å²) in [7, 11) is 0. The van der Waals surface area contributed by atoms with Gasteiger partial charge in [-0.3, -0.25) is 14.5 Å². The zero-order valence-corrected chi connectivity index (χ0v) is 15.2. The summed E-state index contributed by atoms with van der Waals surface area (Å²) in [5, 5.41) is 3.39. The number of amides is 2. The van der Waals surface area contributed by atoms with Crippen LogP contribution >= 0.6 is 11.6 Å². The molecule has 3 rings (SSSR count). The number of H-pyrrole nitrogens is 1. The lowest BCUT2D eigenvalue weighted by Gasteiger charge is -2.31. The Kier molecular flexibility index (Phi) is 6.07. The number of nitrogens with zero attached hydrogens (tertiary/aromatic N) is 2. The quantitative estimate of drug-likeness (QED) is 0.873. The van der Waals surface area contributed by atoms with Crippen LogP contribution in [0.25, 0.3) is 0 Å². The highest BCUT2D eigenvalue weighted by Crippen LogP contribution is 2.14. The van der Waals surface area contributed by atoms with Crippen LogP contribution in [0.5, 0.6) is 0 Å². The van der Waals surface area contributed by atoms with Crippen molar-refractivity contribution in [3.8, 4) is 0 Å². The molecule has 2 N–H and O–H groups in total. The first-order chi connectivity index (χ1) is 12.6. The van der Waals surface area contributed by atoms with Crippen LogP contribution in [0.4, 0.5) is 11.5 Å². The molecule has 136 valence electrons. The fourth-order valence-corrected chi connectivity index (χ4v) is 3.04. The topological polar surface area (TPSA) is 66.8 Å². The fraction of sp³-hybridized carbons (Fsp3) is 0.316. The summed E-state index contributed by atoms with van der Waals surface area (Å²) in [4.78, 5) is 31.6. The fourth-order valence-electron chi connectivity index (χ4n) is 2.91. The number of carbonyl (C=O) groups excluding carboxylic acids is 2. The molecule has 2 heterocycles. The standard InChI is InChI=1S/C19H21ClN4O2/c20-15-4-6-16(7-5-15)22-18(25)8-9-19(26)24-13-11-23(12-14-24)17-3-1-2-10-21-17/h1-7,10H,8-9,11-14H2,(H,22,25)/p+1. The van der Waals surface area contributed by atoms with Gasteiger partial charge in [-0.05, 0) is 30.3 Å². The Morgan fingerprint density at radius 2 is 1.73 bits per heavy atom. The third-order valence-electron chi connectivity index (χ3n) is 4.36. The second-order valence-corrected chi connectivity index (χ2v) is 6.61. The van der Waals surface area contributed by atoms with Gasteiger partial charge >= 0.3 is 0 Å². The minimum atomic E-state index is -0.168. The maximum absolute atomic E-state index is 12.3. The first kappa shape index (κ1) is 18.2. The van der Waals surface area contributed by atoms with E-state index in [1.807, 2.05) is 29.3 Å². The second-order valence-electron chi connectivity index (χ2n) is 6.17. The van der Waals surface area contributed by atoms with Crippen molar-refractivity contribution in [3.63, 3.8) is 0 Å². The third kappa shape index (κ3) is 4.95. The largest absolute Gasteiger partial charge is 0.335 e. The van der Waals surface area contributed by atoms with Crippen molar-refractivity contribution in [2.75, 3.05) is 36.4 Å². The number of pyridine rings is 1. The highest BCUT2D eigenvalue weighted by molar-refractivity contribution is 6.30. The van der Waals surface area contributed by atoms with Crippen molar-refractivity contribution in [2.24, 2.45) is 0 Å². The van der Waals surface area contributed by atoms with Gasteiger partial charge in [-0.2, -0.15) is 0 Å². The van der Waals surface area contributed by atoms with Gasteiger partial charge in [-0.15, -0.1) is 0 Å². The minimum Gasteiger partial charge on any atom is -0.335 e. The van der Waals surface area contributed by atoms with Crippen LogP contribution in [0.15, 0.2) is 48.7 Å². The Bertz CT molecular complexity index is 744. The van der Waals surface area contributed by atoms with Crippen molar-refractivity contribution in [2.45, 2.75) is 12.8 Å². The van der Waals surface area contributed by atoms with Crippen molar-refractivity contribution >= 4 is 34.9 Å². The van der Waals surface area contributed by atoms with Crippen LogP contribution < -0.4 is 15.2 Å². The smallest absolute Gasteiger partial charge is 0.274 e. The first-order valence-corrected chi connectivity index (χ1v) is 9.04. The van der Waals surface area contributed by atoms with Crippen molar-refractivity contribution < 1.29 is 14.6 Å². The summed E-state index contributed by atoms with van der Waals surface area (Å²) in [5.41, 5.74) is 0.680. The monoisotopic (exact) mass is 373 g/mol. The molecule has 1 aromatic carbocycles. The lowest BCUT2D eigenvalue weighted by molar-refractivity contribution is -0.364. The van der Waals surface area contributed by atoms with Crippen molar-refractivity contribution in [3.05, 3.63) is 53.7 Å². The van der Waals surface area contributed by atoms with Gasteiger partial charge in [-0.25, -0.2) is 4.98 Å². The van der Waals surface area contributed by atoms with E-state index in [9.17, 15) is 9.59 Å². The van der Waals surface area contributed by atoms with E-state index < -0.39 is 0 Å². The number of anilines is 2. The maximum Gasteiger partial charge on any atom is 0.274 e. The normalized spacial score (nSPS) is 14.2.